The van der Waals surface area contributed by atoms with E-state index >= 15 is 0 Å². The van der Waals surface area contributed by atoms with Crippen molar-refractivity contribution < 1.29 is 9.13 Å². The lowest BCUT2D eigenvalue weighted by molar-refractivity contribution is 0.245. The number of anilines is 1. The van der Waals surface area contributed by atoms with Gasteiger partial charge in [-0.2, -0.15) is 5.10 Å². The van der Waals surface area contributed by atoms with Crippen molar-refractivity contribution in [2.45, 2.75) is 26.3 Å². The van der Waals surface area contributed by atoms with Crippen LogP contribution < -0.4 is 16.2 Å². The number of nitrogen functional groups attached to an aromatic ring is 1. The summed E-state index contributed by atoms with van der Waals surface area (Å²) in [5.41, 5.74) is 13.1. The van der Waals surface area contributed by atoms with E-state index in [0.717, 1.165) is 6.42 Å². The van der Waals surface area contributed by atoms with E-state index in [2.05, 4.69) is 17.0 Å². The Bertz CT molecular complexity index is 877. The molecule has 0 saturated carbocycles. The molecular weight excluding hydrogens is 321 g/mol. The molecule has 0 bridgehead atoms. The summed E-state index contributed by atoms with van der Waals surface area (Å²) < 4.78 is 21.9. The second-order valence-electron chi connectivity index (χ2n) is 6.44. The van der Waals surface area contributed by atoms with Gasteiger partial charge in [-0.1, -0.05) is 6.92 Å². The molecule has 2 atom stereocenters. The third kappa shape index (κ3) is 3.88. The lowest BCUT2D eigenvalue weighted by atomic mass is 10.0. The number of benzene rings is 1. The highest BCUT2D eigenvalue weighted by Crippen LogP contribution is 2.28. The number of ether oxygens (including phenoxy) is 1. The van der Waals surface area contributed by atoms with Crippen LogP contribution >= 0.6 is 0 Å². The summed E-state index contributed by atoms with van der Waals surface area (Å²) in [6.07, 6.45) is 2.45. The number of aromatic nitrogens is 3. The van der Waals surface area contributed by atoms with E-state index < -0.39 is 5.82 Å². The monoisotopic (exact) mass is 343 g/mol. The standard InChI is InChI=1S/C18H22FN5O/c1-11(7-12(2)20)10-25-13-3-4-14(15(19)8-13)16-9-17(21)23-18-5-6-22-24(16)18/h3-6,8-9,11-12H,7,10,20H2,1-2H3,(H2,21,23). The highest BCUT2D eigenvalue weighted by atomic mass is 19.1. The molecule has 3 rings (SSSR count). The molecule has 7 heteroatoms. The SMILES string of the molecule is CC(N)CC(C)COc1ccc(-c2cc(N)nc3ccnn23)c(F)c1. The van der Waals surface area contributed by atoms with Gasteiger partial charge in [0.2, 0.25) is 0 Å². The molecule has 2 aromatic heterocycles. The third-order valence-corrected chi connectivity index (χ3v) is 3.90. The summed E-state index contributed by atoms with van der Waals surface area (Å²) in [5.74, 6) is 0.690. The molecule has 0 spiro atoms. The Morgan fingerprint density at radius 2 is 2.04 bits per heavy atom. The Morgan fingerprint density at radius 1 is 1.24 bits per heavy atom. The Morgan fingerprint density at radius 3 is 2.76 bits per heavy atom. The zero-order valence-electron chi connectivity index (χ0n) is 14.3. The number of rotatable bonds is 6. The van der Waals surface area contributed by atoms with Gasteiger partial charge in [0.25, 0.3) is 0 Å². The minimum Gasteiger partial charge on any atom is -0.493 e. The molecule has 132 valence electrons. The first-order valence-electron chi connectivity index (χ1n) is 8.22. The second-order valence-corrected chi connectivity index (χ2v) is 6.44. The van der Waals surface area contributed by atoms with E-state index in [-0.39, 0.29) is 6.04 Å². The normalized spacial score (nSPS) is 13.8. The molecule has 25 heavy (non-hydrogen) atoms. The van der Waals surface area contributed by atoms with Gasteiger partial charge in [0.05, 0.1) is 18.5 Å². The second kappa shape index (κ2) is 7.06. The van der Waals surface area contributed by atoms with Crippen LogP contribution in [0.2, 0.25) is 0 Å². The molecular formula is C18H22FN5O. The predicted octanol–water partition coefficient (Wildman–Crippen LogP) is 2.87. The summed E-state index contributed by atoms with van der Waals surface area (Å²) in [5, 5.41) is 4.18. The van der Waals surface area contributed by atoms with Gasteiger partial charge < -0.3 is 16.2 Å². The van der Waals surface area contributed by atoms with Gasteiger partial charge in [-0.05, 0) is 31.4 Å². The zero-order valence-corrected chi connectivity index (χ0v) is 14.3. The van der Waals surface area contributed by atoms with Gasteiger partial charge in [0, 0.05) is 29.8 Å². The molecule has 4 N–H and O–H groups in total. The van der Waals surface area contributed by atoms with Crippen molar-refractivity contribution >= 4 is 11.5 Å². The zero-order chi connectivity index (χ0) is 18.0. The van der Waals surface area contributed by atoms with Crippen molar-refractivity contribution in [3.05, 3.63) is 42.3 Å². The van der Waals surface area contributed by atoms with Crippen LogP contribution in [0.3, 0.4) is 0 Å². The first-order valence-corrected chi connectivity index (χ1v) is 8.22. The number of halogens is 1. The van der Waals surface area contributed by atoms with E-state index in [1.165, 1.54) is 6.07 Å². The van der Waals surface area contributed by atoms with E-state index in [1.54, 1.807) is 35.0 Å². The molecule has 0 saturated heterocycles. The minimum absolute atomic E-state index is 0.117. The van der Waals surface area contributed by atoms with Gasteiger partial charge in [-0.3, -0.25) is 0 Å². The van der Waals surface area contributed by atoms with Crippen LogP contribution in [0.25, 0.3) is 16.9 Å². The summed E-state index contributed by atoms with van der Waals surface area (Å²) in [6.45, 7) is 4.51. The van der Waals surface area contributed by atoms with E-state index in [4.69, 9.17) is 16.2 Å². The number of nitrogens with two attached hydrogens (primary N) is 2. The van der Waals surface area contributed by atoms with Crippen molar-refractivity contribution in [3.63, 3.8) is 0 Å². The van der Waals surface area contributed by atoms with Crippen LogP contribution in [0.4, 0.5) is 10.2 Å². The van der Waals surface area contributed by atoms with Crippen LogP contribution in [0.5, 0.6) is 5.75 Å². The van der Waals surface area contributed by atoms with Crippen LogP contribution in [0.15, 0.2) is 36.5 Å². The molecule has 3 aromatic rings. The Hall–Kier alpha value is -2.67. The third-order valence-electron chi connectivity index (χ3n) is 3.90. The molecule has 0 amide bonds. The Labute approximate surface area is 145 Å². The molecule has 0 aliphatic carbocycles. The van der Waals surface area contributed by atoms with Gasteiger partial charge in [0.15, 0.2) is 5.65 Å². The topological polar surface area (TPSA) is 91.5 Å². The van der Waals surface area contributed by atoms with Gasteiger partial charge in [-0.15, -0.1) is 0 Å². The number of hydrogen-bond acceptors (Lipinski definition) is 5. The molecule has 1 aromatic carbocycles. The molecule has 0 aliphatic heterocycles. The average Bonchev–Trinajstić information content (AvgIpc) is 3.00. The summed E-state index contributed by atoms with van der Waals surface area (Å²) >= 11 is 0. The molecule has 6 nitrogen and oxygen atoms in total. The first kappa shape index (κ1) is 17.2. The molecule has 2 heterocycles. The van der Waals surface area contributed by atoms with E-state index in [9.17, 15) is 4.39 Å². The quantitative estimate of drug-likeness (QED) is 0.718. The average molecular weight is 343 g/mol. The summed E-state index contributed by atoms with van der Waals surface area (Å²) in [6, 6.07) is 8.21. The fraction of sp³-hybridized carbons (Fsp3) is 0.333. The van der Waals surface area contributed by atoms with Gasteiger partial charge in [0.1, 0.15) is 17.4 Å². The lowest BCUT2D eigenvalue weighted by Crippen LogP contribution is -2.21. The summed E-state index contributed by atoms with van der Waals surface area (Å²) in [7, 11) is 0. The highest BCUT2D eigenvalue weighted by Gasteiger charge is 2.13. The van der Waals surface area contributed by atoms with Crippen LogP contribution in [-0.2, 0) is 0 Å². The maximum atomic E-state index is 14.6. The van der Waals surface area contributed by atoms with Crippen LogP contribution in [0, 0.1) is 11.7 Å². The predicted molar refractivity (Wildman–Crippen MR) is 95.7 cm³/mol. The van der Waals surface area contributed by atoms with Crippen molar-refractivity contribution in [2.24, 2.45) is 11.7 Å². The molecule has 2 unspecified atom stereocenters. The maximum absolute atomic E-state index is 14.6. The van der Waals surface area contributed by atoms with Crippen molar-refractivity contribution in [1.82, 2.24) is 14.6 Å². The van der Waals surface area contributed by atoms with Gasteiger partial charge in [-0.25, -0.2) is 13.9 Å². The van der Waals surface area contributed by atoms with Crippen LogP contribution in [-0.4, -0.2) is 27.2 Å². The largest absolute Gasteiger partial charge is 0.493 e. The number of nitrogens with zero attached hydrogens (tertiary/aromatic N) is 3. The highest BCUT2D eigenvalue weighted by molar-refractivity contribution is 5.67. The van der Waals surface area contributed by atoms with E-state index in [1.807, 2.05) is 6.92 Å². The van der Waals surface area contributed by atoms with Crippen molar-refractivity contribution in [2.75, 3.05) is 12.3 Å². The number of fused-ring (bicyclic) bond motifs is 1. The maximum Gasteiger partial charge on any atom is 0.158 e. The molecule has 0 fully saturated rings. The fourth-order valence-electron chi connectivity index (χ4n) is 2.86. The smallest absolute Gasteiger partial charge is 0.158 e. The van der Waals surface area contributed by atoms with Crippen molar-refractivity contribution in [3.8, 4) is 17.0 Å². The first-order chi connectivity index (χ1) is 11.9. The lowest BCUT2D eigenvalue weighted by Gasteiger charge is -2.15. The van der Waals surface area contributed by atoms with Crippen LogP contribution in [0.1, 0.15) is 20.3 Å². The Balaban J connectivity index is 1.83. The van der Waals surface area contributed by atoms with E-state index in [0.29, 0.717) is 41.0 Å². The minimum atomic E-state index is -0.403. The fourth-order valence-corrected chi connectivity index (χ4v) is 2.86. The molecule has 0 radical (unpaired) electrons. The van der Waals surface area contributed by atoms with Crippen molar-refractivity contribution in [1.29, 1.82) is 0 Å². The van der Waals surface area contributed by atoms with Gasteiger partial charge >= 0.3 is 0 Å². The Kier molecular flexibility index (Phi) is 4.85. The summed E-state index contributed by atoms with van der Waals surface area (Å²) in [4.78, 5) is 4.16. The number of hydrogen-bond donors (Lipinski definition) is 2. The molecule has 0 aliphatic rings.